The lowest BCUT2D eigenvalue weighted by molar-refractivity contribution is 0.0216. The molecule has 2 aromatic rings. The van der Waals surface area contributed by atoms with Crippen LogP contribution in [0.15, 0.2) is 23.7 Å². The topological polar surface area (TPSA) is 45.2 Å². The Bertz CT molecular complexity index is 673. The Kier molecular flexibility index (Phi) is 3.19. The standard InChI is InChI=1S/C16H19N3OS/c1-10-15(11-2-5-19(10)6-3-11)18-16(20)13-8-12-4-7-21-14(12)9-17-13/h4,7-11,15H,2-3,5-6H2,1H3,(H,18,20). The molecule has 0 aliphatic carbocycles. The molecule has 4 nitrogen and oxygen atoms in total. The van der Waals surface area contributed by atoms with Crippen LogP contribution < -0.4 is 5.32 Å². The average molecular weight is 301 g/mol. The molecule has 2 aromatic heterocycles. The van der Waals surface area contributed by atoms with Gasteiger partial charge in [-0.15, -0.1) is 11.3 Å². The summed E-state index contributed by atoms with van der Waals surface area (Å²) in [4.78, 5) is 19.3. The van der Waals surface area contributed by atoms with Crippen molar-refractivity contribution in [3.8, 4) is 0 Å². The number of thiophene rings is 1. The van der Waals surface area contributed by atoms with Gasteiger partial charge in [-0.3, -0.25) is 9.69 Å². The van der Waals surface area contributed by atoms with E-state index in [9.17, 15) is 4.79 Å². The molecule has 5 heteroatoms. The highest BCUT2D eigenvalue weighted by molar-refractivity contribution is 7.17. The number of nitrogens with zero attached hydrogens (tertiary/aromatic N) is 2. The maximum Gasteiger partial charge on any atom is 0.270 e. The molecule has 3 saturated heterocycles. The molecule has 1 amide bonds. The molecule has 2 unspecified atom stereocenters. The Hall–Kier alpha value is -1.46. The van der Waals surface area contributed by atoms with Gasteiger partial charge in [-0.1, -0.05) is 0 Å². The van der Waals surface area contributed by atoms with Crippen LogP contribution in [0.4, 0.5) is 0 Å². The first kappa shape index (κ1) is 13.2. The fourth-order valence-corrected chi connectivity index (χ4v) is 4.50. The molecule has 2 atom stereocenters. The molecule has 0 spiro atoms. The zero-order valence-corrected chi connectivity index (χ0v) is 12.9. The van der Waals surface area contributed by atoms with Gasteiger partial charge >= 0.3 is 0 Å². The zero-order valence-electron chi connectivity index (χ0n) is 12.1. The van der Waals surface area contributed by atoms with Crippen molar-refractivity contribution in [2.24, 2.45) is 5.92 Å². The van der Waals surface area contributed by atoms with Crippen LogP contribution >= 0.6 is 11.3 Å². The highest BCUT2D eigenvalue weighted by atomic mass is 32.1. The van der Waals surface area contributed by atoms with Crippen molar-refractivity contribution in [3.05, 3.63) is 29.4 Å². The summed E-state index contributed by atoms with van der Waals surface area (Å²) in [6.07, 6.45) is 4.20. The van der Waals surface area contributed by atoms with Crippen LogP contribution in [0.2, 0.25) is 0 Å². The van der Waals surface area contributed by atoms with Crippen molar-refractivity contribution < 1.29 is 4.79 Å². The summed E-state index contributed by atoms with van der Waals surface area (Å²) in [6, 6.07) is 4.63. The van der Waals surface area contributed by atoms with E-state index in [1.54, 1.807) is 17.5 Å². The van der Waals surface area contributed by atoms with Gasteiger partial charge in [0.1, 0.15) is 5.69 Å². The van der Waals surface area contributed by atoms with Crippen molar-refractivity contribution in [2.75, 3.05) is 13.1 Å². The van der Waals surface area contributed by atoms with Crippen molar-refractivity contribution in [1.82, 2.24) is 15.2 Å². The number of rotatable bonds is 2. The number of amides is 1. The number of hydrogen-bond donors (Lipinski definition) is 1. The first-order valence-electron chi connectivity index (χ1n) is 7.60. The van der Waals surface area contributed by atoms with Gasteiger partial charge < -0.3 is 5.32 Å². The second-order valence-electron chi connectivity index (χ2n) is 6.14. The molecule has 5 rings (SSSR count). The minimum Gasteiger partial charge on any atom is -0.346 e. The third-order valence-corrected chi connectivity index (χ3v) is 5.92. The summed E-state index contributed by atoms with van der Waals surface area (Å²) in [6.45, 7) is 4.58. The fraction of sp³-hybridized carbons (Fsp3) is 0.500. The summed E-state index contributed by atoms with van der Waals surface area (Å²) in [5.41, 5.74) is 0.532. The van der Waals surface area contributed by atoms with E-state index in [2.05, 4.69) is 22.1 Å². The van der Waals surface area contributed by atoms with E-state index in [1.807, 2.05) is 17.5 Å². The second-order valence-corrected chi connectivity index (χ2v) is 7.09. The van der Waals surface area contributed by atoms with Gasteiger partial charge in [0.25, 0.3) is 5.91 Å². The molecule has 3 aliphatic heterocycles. The molecule has 1 N–H and O–H groups in total. The summed E-state index contributed by atoms with van der Waals surface area (Å²) in [7, 11) is 0. The van der Waals surface area contributed by atoms with Gasteiger partial charge in [0.05, 0.1) is 4.70 Å². The van der Waals surface area contributed by atoms with Gasteiger partial charge in [0.2, 0.25) is 0 Å². The van der Waals surface area contributed by atoms with E-state index < -0.39 is 0 Å². The average Bonchev–Trinajstić information content (AvgIpc) is 2.98. The Morgan fingerprint density at radius 3 is 3.00 bits per heavy atom. The lowest BCUT2D eigenvalue weighted by Crippen LogP contribution is -2.62. The molecular formula is C16H19N3OS. The molecular weight excluding hydrogens is 282 g/mol. The molecule has 0 saturated carbocycles. The quantitative estimate of drug-likeness (QED) is 0.927. The van der Waals surface area contributed by atoms with Crippen LogP contribution in [0.25, 0.3) is 10.1 Å². The van der Waals surface area contributed by atoms with E-state index >= 15 is 0 Å². The molecule has 5 heterocycles. The molecule has 3 fully saturated rings. The van der Waals surface area contributed by atoms with Crippen LogP contribution in [-0.2, 0) is 0 Å². The fourth-order valence-electron chi connectivity index (χ4n) is 3.76. The Balaban J connectivity index is 1.54. The van der Waals surface area contributed by atoms with Gasteiger partial charge in [-0.05, 0) is 61.7 Å². The second kappa shape index (κ2) is 5.07. The van der Waals surface area contributed by atoms with Crippen molar-refractivity contribution in [2.45, 2.75) is 31.8 Å². The van der Waals surface area contributed by atoms with Crippen LogP contribution in [0.5, 0.6) is 0 Å². The number of fused-ring (bicyclic) bond motifs is 4. The van der Waals surface area contributed by atoms with Crippen LogP contribution in [0, 0.1) is 5.92 Å². The summed E-state index contributed by atoms with van der Waals surface area (Å²) >= 11 is 1.65. The lowest BCUT2D eigenvalue weighted by Gasteiger charge is -2.49. The first-order valence-corrected chi connectivity index (χ1v) is 8.48. The Morgan fingerprint density at radius 1 is 1.43 bits per heavy atom. The molecule has 3 aliphatic rings. The summed E-state index contributed by atoms with van der Waals surface area (Å²) in [5, 5.41) is 6.36. The maximum absolute atomic E-state index is 12.5. The highest BCUT2D eigenvalue weighted by Crippen LogP contribution is 2.32. The van der Waals surface area contributed by atoms with Crippen LogP contribution in [0.3, 0.4) is 0 Å². The largest absolute Gasteiger partial charge is 0.346 e. The first-order chi connectivity index (χ1) is 10.2. The predicted molar refractivity (Wildman–Crippen MR) is 84.6 cm³/mol. The van der Waals surface area contributed by atoms with Crippen molar-refractivity contribution in [1.29, 1.82) is 0 Å². The number of carbonyl (C=O) groups is 1. The van der Waals surface area contributed by atoms with Crippen molar-refractivity contribution in [3.63, 3.8) is 0 Å². The number of nitrogens with one attached hydrogen (secondary N) is 1. The Labute approximate surface area is 128 Å². The number of piperidine rings is 3. The van der Waals surface area contributed by atoms with E-state index in [0.29, 0.717) is 17.7 Å². The highest BCUT2D eigenvalue weighted by Gasteiger charge is 2.40. The maximum atomic E-state index is 12.5. The van der Waals surface area contributed by atoms with E-state index in [4.69, 9.17) is 0 Å². The van der Waals surface area contributed by atoms with E-state index in [1.165, 1.54) is 25.9 Å². The number of carbonyl (C=O) groups excluding carboxylic acids is 1. The van der Waals surface area contributed by atoms with Gasteiger partial charge in [0, 0.05) is 18.3 Å². The van der Waals surface area contributed by atoms with Crippen LogP contribution in [-0.4, -0.2) is 41.0 Å². The third-order valence-electron chi connectivity index (χ3n) is 5.05. The zero-order chi connectivity index (χ0) is 14.4. The molecule has 2 bridgehead atoms. The minimum absolute atomic E-state index is 0.0336. The minimum atomic E-state index is -0.0336. The normalized spacial score (nSPS) is 31.5. The van der Waals surface area contributed by atoms with E-state index in [-0.39, 0.29) is 11.9 Å². The third kappa shape index (κ3) is 2.24. The smallest absolute Gasteiger partial charge is 0.270 e. The van der Waals surface area contributed by atoms with Gasteiger partial charge in [0.15, 0.2) is 0 Å². The van der Waals surface area contributed by atoms with Crippen molar-refractivity contribution >= 4 is 27.3 Å². The lowest BCUT2D eigenvalue weighted by atomic mass is 9.79. The molecule has 0 radical (unpaired) electrons. The molecule has 21 heavy (non-hydrogen) atoms. The van der Waals surface area contributed by atoms with Gasteiger partial charge in [-0.25, -0.2) is 4.98 Å². The predicted octanol–water partition coefficient (Wildman–Crippen LogP) is 2.51. The molecule has 110 valence electrons. The summed E-state index contributed by atoms with van der Waals surface area (Å²) < 4.78 is 1.13. The Morgan fingerprint density at radius 2 is 2.24 bits per heavy atom. The molecule has 0 aromatic carbocycles. The van der Waals surface area contributed by atoms with Crippen LogP contribution in [0.1, 0.15) is 30.3 Å². The SMILES string of the molecule is CC1C(NC(=O)c2cc3ccsc3cn2)C2CCN1CC2. The van der Waals surface area contributed by atoms with Gasteiger partial charge in [-0.2, -0.15) is 0 Å². The monoisotopic (exact) mass is 301 g/mol. The number of pyridine rings is 1. The summed E-state index contributed by atoms with van der Waals surface area (Å²) in [5.74, 6) is 0.590. The van der Waals surface area contributed by atoms with E-state index in [0.717, 1.165) is 10.1 Å². The number of aromatic nitrogens is 1. The number of hydrogen-bond acceptors (Lipinski definition) is 4.